The lowest BCUT2D eigenvalue weighted by atomic mass is 10.1. The molecule has 0 amide bonds. The molecule has 0 aliphatic rings. The van der Waals surface area contributed by atoms with E-state index in [9.17, 15) is 0 Å². The first-order chi connectivity index (χ1) is 9.70. The van der Waals surface area contributed by atoms with Gasteiger partial charge in [0.15, 0.2) is 0 Å². The molecular weight excluding hydrogens is 334 g/mol. The van der Waals surface area contributed by atoms with Crippen LogP contribution in [0.15, 0.2) is 40.2 Å². The van der Waals surface area contributed by atoms with Crippen molar-refractivity contribution in [2.75, 3.05) is 6.54 Å². The molecule has 1 aromatic heterocycles. The van der Waals surface area contributed by atoms with Gasteiger partial charge in [-0.25, -0.2) is 0 Å². The summed E-state index contributed by atoms with van der Waals surface area (Å²) in [5.74, 6) is 0.900. The maximum absolute atomic E-state index is 5.81. The van der Waals surface area contributed by atoms with E-state index in [1.807, 2.05) is 18.2 Å². The number of hydrogen-bond donors (Lipinski definition) is 1. The van der Waals surface area contributed by atoms with Crippen molar-refractivity contribution in [3.63, 3.8) is 0 Å². The topological polar surface area (TPSA) is 21.3 Å². The monoisotopic (exact) mass is 353 g/mol. The van der Waals surface area contributed by atoms with Crippen LogP contribution in [0.3, 0.4) is 0 Å². The first-order valence-corrected chi connectivity index (χ1v) is 8.56. The molecule has 1 heterocycles. The van der Waals surface area contributed by atoms with Crippen molar-refractivity contribution >= 4 is 27.3 Å². The summed E-state index contributed by atoms with van der Waals surface area (Å²) in [7, 11) is 0. The molecule has 108 valence electrons. The van der Waals surface area contributed by atoms with Gasteiger partial charge in [0.2, 0.25) is 0 Å². The van der Waals surface area contributed by atoms with E-state index in [0.29, 0.717) is 12.6 Å². The van der Waals surface area contributed by atoms with Crippen LogP contribution >= 0.6 is 27.3 Å². The summed E-state index contributed by atoms with van der Waals surface area (Å²) in [5.41, 5.74) is 1.27. The summed E-state index contributed by atoms with van der Waals surface area (Å²) in [6.07, 6.45) is 1.14. The van der Waals surface area contributed by atoms with Crippen LogP contribution in [0.4, 0.5) is 0 Å². The molecule has 0 aliphatic carbocycles. The van der Waals surface area contributed by atoms with Crippen molar-refractivity contribution < 1.29 is 4.74 Å². The fraction of sp³-hybridized carbons (Fsp3) is 0.375. The van der Waals surface area contributed by atoms with Crippen molar-refractivity contribution in [1.29, 1.82) is 0 Å². The van der Waals surface area contributed by atoms with Gasteiger partial charge in [-0.1, -0.05) is 35.0 Å². The molecule has 2 aromatic rings. The van der Waals surface area contributed by atoms with Crippen LogP contribution in [0.5, 0.6) is 5.75 Å². The van der Waals surface area contributed by atoms with Gasteiger partial charge < -0.3 is 10.1 Å². The first-order valence-electron chi connectivity index (χ1n) is 6.88. The molecule has 2 rings (SSSR count). The molecule has 0 fully saturated rings. The molecule has 1 N–H and O–H groups in total. The van der Waals surface area contributed by atoms with Crippen LogP contribution < -0.4 is 10.1 Å². The minimum Gasteiger partial charge on any atom is -0.488 e. The van der Waals surface area contributed by atoms with Gasteiger partial charge in [-0.05, 0) is 49.0 Å². The normalized spacial score (nSPS) is 12.3. The van der Waals surface area contributed by atoms with Crippen molar-refractivity contribution in [1.82, 2.24) is 5.32 Å². The van der Waals surface area contributed by atoms with Crippen LogP contribution in [-0.2, 0) is 6.61 Å². The minimum atomic E-state index is 0.343. The molecule has 0 aliphatic heterocycles. The van der Waals surface area contributed by atoms with Crippen LogP contribution in [0.1, 0.15) is 36.8 Å². The van der Waals surface area contributed by atoms with Crippen LogP contribution in [0.2, 0.25) is 0 Å². The third kappa shape index (κ3) is 4.33. The van der Waals surface area contributed by atoms with E-state index < -0.39 is 0 Å². The SMILES string of the molecule is CCCNC(C)c1ccc(OCc2cccs2)cc1Br. The number of nitrogens with one attached hydrogen (secondary N) is 1. The number of hydrogen-bond acceptors (Lipinski definition) is 3. The maximum atomic E-state index is 5.81. The van der Waals surface area contributed by atoms with Gasteiger partial charge in [0.1, 0.15) is 12.4 Å². The average molecular weight is 354 g/mol. The molecule has 20 heavy (non-hydrogen) atoms. The van der Waals surface area contributed by atoms with Gasteiger partial charge in [-0.15, -0.1) is 11.3 Å². The number of rotatable bonds is 7. The third-order valence-corrected chi connectivity index (χ3v) is 4.64. The molecular formula is C16H20BrNOS. The Labute approximate surface area is 133 Å². The van der Waals surface area contributed by atoms with Crippen molar-refractivity contribution in [2.45, 2.75) is 32.9 Å². The standard InChI is InChI=1S/C16H20BrNOS/c1-3-8-18-12(2)15-7-6-13(10-16(15)17)19-11-14-5-4-9-20-14/h4-7,9-10,12,18H,3,8,11H2,1-2H3. The highest BCUT2D eigenvalue weighted by molar-refractivity contribution is 9.10. The van der Waals surface area contributed by atoms with E-state index in [2.05, 4.69) is 52.6 Å². The zero-order chi connectivity index (χ0) is 14.4. The summed E-state index contributed by atoms with van der Waals surface area (Å²) in [6.45, 7) is 6.02. The quantitative estimate of drug-likeness (QED) is 0.742. The van der Waals surface area contributed by atoms with E-state index >= 15 is 0 Å². The fourth-order valence-corrected chi connectivity index (χ4v) is 3.29. The Bertz CT molecular complexity index is 527. The minimum absolute atomic E-state index is 0.343. The smallest absolute Gasteiger partial charge is 0.122 e. The zero-order valence-corrected chi connectivity index (χ0v) is 14.3. The Morgan fingerprint density at radius 1 is 1.35 bits per heavy atom. The highest BCUT2D eigenvalue weighted by Gasteiger charge is 2.09. The predicted molar refractivity (Wildman–Crippen MR) is 89.5 cm³/mol. The van der Waals surface area contributed by atoms with E-state index in [1.165, 1.54) is 10.4 Å². The van der Waals surface area contributed by atoms with Crippen LogP contribution in [0.25, 0.3) is 0 Å². The van der Waals surface area contributed by atoms with Gasteiger partial charge in [-0.2, -0.15) is 0 Å². The van der Waals surface area contributed by atoms with Gasteiger partial charge in [0, 0.05) is 15.4 Å². The summed E-state index contributed by atoms with van der Waals surface area (Å²) in [6, 6.07) is 10.7. The highest BCUT2D eigenvalue weighted by Crippen LogP contribution is 2.28. The highest BCUT2D eigenvalue weighted by atomic mass is 79.9. The Morgan fingerprint density at radius 2 is 2.20 bits per heavy atom. The largest absolute Gasteiger partial charge is 0.488 e. The second-order valence-electron chi connectivity index (χ2n) is 4.73. The van der Waals surface area contributed by atoms with Crippen LogP contribution in [0, 0.1) is 0 Å². The summed E-state index contributed by atoms with van der Waals surface area (Å²) >= 11 is 5.36. The lowest BCUT2D eigenvalue weighted by Crippen LogP contribution is -2.19. The number of thiophene rings is 1. The van der Waals surface area contributed by atoms with Crippen molar-refractivity contribution in [3.05, 3.63) is 50.6 Å². The zero-order valence-electron chi connectivity index (χ0n) is 11.9. The summed E-state index contributed by atoms with van der Waals surface area (Å²) in [5, 5.41) is 5.56. The van der Waals surface area contributed by atoms with E-state index in [1.54, 1.807) is 11.3 Å². The van der Waals surface area contributed by atoms with Gasteiger partial charge >= 0.3 is 0 Å². The second-order valence-corrected chi connectivity index (χ2v) is 6.61. The molecule has 0 saturated heterocycles. The van der Waals surface area contributed by atoms with Gasteiger partial charge in [0.25, 0.3) is 0 Å². The number of ether oxygens (including phenoxy) is 1. The summed E-state index contributed by atoms with van der Waals surface area (Å²) < 4.78 is 6.90. The van der Waals surface area contributed by atoms with E-state index in [4.69, 9.17) is 4.74 Å². The molecule has 0 spiro atoms. The molecule has 1 aromatic carbocycles. The molecule has 1 atom stereocenters. The fourth-order valence-electron chi connectivity index (χ4n) is 1.97. The Hall–Kier alpha value is -0.840. The molecule has 1 unspecified atom stereocenters. The molecule has 4 heteroatoms. The Balaban J connectivity index is 1.98. The molecule has 0 bridgehead atoms. The number of halogens is 1. The van der Waals surface area contributed by atoms with Crippen molar-refractivity contribution in [2.24, 2.45) is 0 Å². The van der Waals surface area contributed by atoms with Crippen LogP contribution in [-0.4, -0.2) is 6.54 Å². The molecule has 2 nitrogen and oxygen atoms in total. The lowest BCUT2D eigenvalue weighted by Gasteiger charge is -2.16. The molecule has 0 saturated carbocycles. The van der Waals surface area contributed by atoms with Gasteiger partial charge in [0.05, 0.1) is 0 Å². The summed E-state index contributed by atoms with van der Waals surface area (Å²) in [4.78, 5) is 1.24. The van der Waals surface area contributed by atoms with E-state index in [0.717, 1.165) is 23.2 Å². The van der Waals surface area contributed by atoms with Gasteiger partial charge in [-0.3, -0.25) is 0 Å². The average Bonchev–Trinajstić information content (AvgIpc) is 2.96. The maximum Gasteiger partial charge on any atom is 0.122 e. The first kappa shape index (κ1) is 15.5. The Kier molecular flexibility index (Phi) is 6.07. The van der Waals surface area contributed by atoms with E-state index in [-0.39, 0.29) is 0 Å². The second kappa shape index (κ2) is 7.81. The Morgan fingerprint density at radius 3 is 2.85 bits per heavy atom. The van der Waals surface area contributed by atoms with Crippen molar-refractivity contribution in [3.8, 4) is 5.75 Å². The molecule has 0 radical (unpaired) electrons. The third-order valence-electron chi connectivity index (χ3n) is 3.10. The number of benzene rings is 1. The predicted octanol–water partition coefficient (Wildman–Crippen LogP) is 5.15. The lowest BCUT2D eigenvalue weighted by molar-refractivity contribution is 0.309.